The lowest BCUT2D eigenvalue weighted by molar-refractivity contribution is -0.143. The molecular formula is C18H20ClNO4. The van der Waals surface area contributed by atoms with Crippen LogP contribution >= 0.6 is 11.6 Å². The maximum Gasteiger partial charge on any atom is 0.336 e. The van der Waals surface area contributed by atoms with E-state index in [-0.39, 0.29) is 6.10 Å². The van der Waals surface area contributed by atoms with Crippen molar-refractivity contribution in [3.8, 4) is 0 Å². The largest absolute Gasteiger partial charge is 0.466 e. The van der Waals surface area contributed by atoms with Crippen LogP contribution in [-0.4, -0.2) is 37.1 Å². The molecule has 1 aromatic rings. The first kappa shape index (κ1) is 18.1. The van der Waals surface area contributed by atoms with Crippen LogP contribution in [0.4, 0.5) is 0 Å². The van der Waals surface area contributed by atoms with Crippen molar-refractivity contribution in [2.45, 2.75) is 25.9 Å². The Morgan fingerprint density at radius 2 is 1.71 bits per heavy atom. The number of hydrogen-bond acceptors (Lipinski definition) is 5. The molecule has 0 aliphatic carbocycles. The first-order valence-corrected chi connectivity index (χ1v) is 7.92. The van der Waals surface area contributed by atoms with Gasteiger partial charge in [0.05, 0.1) is 30.3 Å². The normalized spacial score (nSPS) is 17.2. The van der Waals surface area contributed by atoms with E-state index in [1.165, 1.54) is 7.11 Å². The van der Waals surface area contributed by atoms with Gasteiger partial charge in [-0.05, 0) is 25.5 Å². The SMILES string of the molecule is COC(=O)C1=CN(C)C=C(C(=O)OC(C)C)C1c1ccccc1Cl. The molecule has 0 amide bonds. The molecular weight excluding hydrogens is 330 g/mol. The topological polar surface area (TPSA) is 55.8 Å². The molecule has 1 aromatic carbocycles. The summed E-state index contributed by atoms with van der Waals surface area (Å²) < 4.78 is 10.2. The summed E-state index contributed by atoms with van der Waals surface area (Å²) in [4.78, 5) is 26.5. The Morgan fingerprint density at radius 3 is 2.25 bits per heavy atom. The number of carbonyl (C=O) groups is 2. The van der Waals surface area contributed by atoms with Crippen LogP contribution in [0.2, 0.25) is 5.02 Å². The molecule has 0 spiro atoms. The van der Waals surface area contributed by atoms with Crippen molar-refractivity contribution in [1.29, 1.82) is 0 Å². The van der Waals surface area contributed by atoms with Crippen LogP contribution in [0, 0.1) is 0 Å². The van der Waals surface area contributed by atoms with Crippen LogP contribution in [0.5, 0.6) is 0 Å². The van der Waals surface area contributed by atoms with Crippen molar-refractivity contribution >= 4 is 23.5 Å². The number of ether oxygens (including phenoxy) is 2. The van der Waals surface area contributed by atoms with Crippen LogP contribution in [0.3, 0.4) is 0 Å². The molecule has 6 heteroatoms. The van der Waals surface area contributed by atoms with Crippen LogP contribution in [0.15, 0.2) is 47.8 Å². The minimum Gasteiger partial charge on any atom is -0.466 e. The van der Waals surface area contributed by atoms with Gasteiger partial charge in [-0.3, -0.25) is 0 Å². The van der Waals surface area contributed by atoms with E-state index in [9.17, 15) is 9.59 Å². The second-order valence-corrected chi connectivity index (χ2v) is 6.14. The zero-order valence-corrected chi connectivity index (χ0v) is 14.8. The third-order valence-corrected chi connectivity index (χ3v) is 3.87. The molecule has 0 fully saturated rings. The number of esters is 2. The van der Waals surface area contributed by atoms with Gasteiger partial charge in [0.25, 0.3) is 0 Å². The van der Waals surface area contributed by atoms with Crippen molar-refractivity contribution in [2.75, 3.05) is 14.2 Å². The number of nitrogens with zero attached hydrogens (tertiary/aromatic N) is 1. The molecule has 1 aliphatic heterocycles. The Labute approximate surface area is 146 Å². The van der Waals surface area contributed by atoms with Gasteiger partial charge in [0, 0.05) is 24.5 Å². The van der Waals surface area contributed by atoms with Gasteiger partial charge in [0.2, 0.25) is 0 Å². The van der Waals surface area contributed by atoms with Gasteiger partial charge in [-0.15, -0.1) is 0 Å². The molecule has 5 nitrogen and oxygen atoms in total. The highest BCUT2D eigenvalue weighted by molar-refractivity contribution is 6.31. The molecule has 1 heterocycles. The Balaban J connectivity index is 2.56. The number of benzene rings is 1. The summed E-state index contributed by atoms with van der Waals surface area (Å²) in [7, 11) is 3.03. The van der Waals surface area contributed by atoms with Gasteiger partial charge in [0.1, 0.15) is 0 Å². The van der Waals surface area contributed by atoms with E-state index in [0.29, 0.717) is 21.7 Å². The summed E-state index contributed by atoms with van der Waals surface area (Å²) >= 11 is 6.31. The summed E-state index contributed by atoms with van der Waals surface area (Å²) in [6.07, 6.45) is 3.00. The lowest BCUT2D eigenvalue weighted by Crippen LogP contribution is -2.28. The van der Waals surface area contributed by atoms with Crippen LogP contribution in [0.25, 0.3) is 0 Å². The predicted octanol–water partition coefficient (Wildman–Crippen LogP) is 3.26. The Morgan fingerprint density at radius 1 is 1.12 bits per heavy atom. The molecule has 0 saturated carbocycles. The fourth-order valence-electron chi connectivity index (χ4n) is 2.58. The first-order chi connectivity index (χ1) is 11.3. The van der Waals surface area contributed by atoms with Gasteiger partial charge < -0.3 is 14.4 Å². The molecule has 0 radical (unpaired) electrons. The van der Waals surface area contributed by atoms with E-state index in [1.54, 1.807) is 62.5 Å². The molecule has 128 valence electrons. The average molecular weight is 350 g/mol. The first-order valence-electron chi connectivity index (χ1n) is 7.54. The Hall–Kier alpha value is -2.27. The molecule has 1 atom stereocenters. The minimum absolute atomic E-state index is 0.275. The van der Waals surface area contributed by atoms with Crippen LogP contribution in [-0.2, 0) is 19.1 Å². The van der Waals surface area contributed by atoms with Gasteiger partial charge >= 0.3 is 11.9 Å². The quantitative estimate of drug-likeness (QED) is 0.781. The number of rotatable bonds is 4. The van der Waals surface area contributed by atoms with Crippen molar-refractivity contribution in [3.63, 3.8) is 0 Å². The molecule has 0 aromatic heterocycles. The van der Waals surface area contributed by atoms with Gasteiger partial charge in [-0.25, -0.2) is 9.59 Å². The Bertz CT molecular complexity index is 709. The summed E-state index contributed by atoms with van der Waals surface area (Å²) in [6, 6.07) is 7.10. The number of carbonyl (C=O) groups excluding carboxylic acids is 2. The van der Waals surface area contributed by atoms with E-state index in [0.717, 1.165) is 0 Å². The van der Waals surface area contributed by atoms with E-state index in [2.05, 4.69) is 0 Å². The monoisotopic (exact) mass is 349 g/mol. The highest BCUT2D eigenvalue weighted by Gasteiger charge is 2.36. The van der Waals surface area contributed by atoms with E-state index < -0.39 is 17.9 Å². The number of halogens is 1. The predicted molar refractivity (Wildman–Crippen MR) is 91.4 cm³/mol. The second kappa shape index (κ2) is 7.53. The van der Waals surface area contributed by atoms with Crippen molar-refractivity contribution in [3.05, 3.63) is 58.4 Å². The third kappa shape index (κ3) is 3.79. The molecule has 0 bridgehead atoms. The van der Waals surface area contributed by atoms with Crippen LogP contribution in [0.1, 0.15) is 25.3 Å². The molecule has 2 rings (SSSR count). The van der Waals surface area contributed by atoms with E-state index in [4.69, 9.17) is 21.1 Å². The summed E-state index contributed by atoms with van der Waals surface area (Å²) in [6.45, 7) is 3.54. The summed E-state index contributed by atoms with van der Waals surface area (Å²) in [5.41, 5.74) is 1.31. The van der Waals surface area contributed by atoms with Gasteiger partial charge in [-0.1, -0.05) is 29.8 Å². The highest BCUT2D eigenvalue weighted by atomic mass is 35.5. The zero-order valence-electron chi connectivity index (χ0n) is 14.1. The molecule has 24 heavy (non-hydrogen) atoms. The van der Waals surface area contributed by atoms with Gasteiger partial charge in [0.15, 0.2) is 0 Å². The van der Waals surface area contributed by atoms with Crippen LogP contribution < -0.4 is 0 Å². The number of methoxy groups -OCH3 is 1. The fourth-order valence-corrected chi connectivity index (χ4v) is 2.82. The van der Waals surface area contributed by atoms with E-state index >= 15 is 0 Å². The molecule has 0 N–H and O–H groups in total. The smallest absolute Gasteiger partial charge is 0.336 e. The van der Waals surface area contributed by atoms with Gasteiger partial charge in [-0.2, -0.15) is 0 Å². The maximum absolute atomic E-state index is 12.6. The van der Waals surface area contributed by atoms with E-state index in [1.807, 2.05) is 0 Å². The summed E-state index contributed by atoms with van der Waals surface area (Å²) in [5.74, 6) is -1.65. The lowest BCUT2D eigenvalue weighted by atomic mass is 9.83. The Kier molecular flexibility index (Phi) is 5.67. The van der Waals surface area contributed by atoms with Crippen molar-refractivity contribution < 1.29 is 19.1 Å². The summed E-state index contributed by atoms with van der Waals surface area (Å²) in [5, 5.41) is 0.463. The molecule has 0 saturated heterocycles. The molecule has 1 aliphatic rings. The average Bonchev–Trinajstić information content (AvgIpc) is 2.53. The van der Waals surface area contributed by atoms with Crippen molar-refractivity contribution in [1.82, 2.24) is 4.90 Å². The van der Waals surface area contributed by atoms with Crippen molar-refractivity contribution in [2.24, 2.45) is 0 Å². The lowest BCUT2D eigenvalue weighted by Gasteiger charge is -2.29. The fraction of sp³-hybridized carbons (Fsp3) is 0.333. The molecule has 1 unspecified atom stereocenters. The second-order valence-electron chi connectivity index (χ2n) is 5.73. The number of hydrogen-bond donors (Lipinski definition) is 0. The third-order valence-electron chi connectivity index (χ3n) is 3.52. The zero-order chi connectivity index (χ0) is 17.9. The highest BCUT2D eigenvalue weighted by Crippen LogP contribution is 2.39. The standard InChI is InChI=1S/C18H20ClNO4/c1-11(2)24-18(22)14-10-20(3)9-13(17(21)23-4)16(14)12-7-5-6-8-15(12)19/h5-11,16H,1-4H3. The maximum atomic E-state index is 12.6. The minimum atomic E-state index is -0.645.